The Morgan fingerprint density at radius 1 is 1.14 bits per heavy atom. The van der Waals surface area contributed by atoms with Crippen LogP contribution in [0.25, 0.3) is 0 Å². The van der Waals surface area contributed by atoms with Crippen LogP contribution in [0.15, 0.2) is 30.5 Å². The minimum absolute atomic E-state index is 0.0281. The molecule has 1 aromatic heterocycles. The van der Waals surface area contributed by atoms with Crippen LogP contribution >= 0.6 is 0 Å². The average Bonchev–Trinajstić information content (AvgIpc) is 3.31. The second kappa shape index (κ2) is 10.9. The van der Waals surface area contributed by atoms with Crippen molar-refractivity contribution >= 4 is 11.8 Å². The Morgan fingerprint density at radius 2 is 1.94 bits per heavy atom. The normalized spacial score (nSPS) is 21.6. The summed E-state index contributed by atoms with van der Waals surface area (Å²) in [5, 5.41) is 16.5. The van der Waals surface area contributed by atoms with Gasteiger partial charge >= 0.3 is 0 Å². The highest BCUT2D eigenvalue weighted by Crippen LogP contribution is 2.20. The number of carbonyl (C=O) groups is 2. The summed E-state index contributed by atoms with van der Waals surface area (Å²) in [7, 11) is 0. The third kappa shape index (κ3) is 5.91. The molecular weight excluding hydrogens is 446 g/mol. The molecule has 5 rings (SSSR count). The summed E-state index contributed by atoms with van der Waals surface area (Å²) in [6.45, 7) is 4.33. The first-order valence-corrected chi connectivity index (χ1v) is 12.7. The van der Waals surface area contributed by atoms with E-state index in [9.17, 15) is 14.7 Å². The number of aromatic nitrogens is 2. The van der Waals surface area contributed by atoms with Crippen molar-refractivity contribution in [1.82, 2.24) is 25.1 Å². The maximum atomic E-state index is 12.7. The van der Waals surface area contributed by atoms with Crippen LogP contribution in [0, 0.1) is 5.92 Å². The van der Waals surface area contributed by atoms with Crippen LogP contribution in [0.3, 0.4) is 0 Å². The molecule has 0 radical (unpaired) electrons. The molecule has 0 spiro atoms. The van der Waals surface area contributed by atoms with Crippen molar-refractivity contribution < 1.29 is 19.4 Å². The SMILES string of the molecule is O=C(NC[C@H](O)CN1CCc2ccccc2C1)c1cn2c(n1)CCC(NC(=O)C1CCOCC1)C2. The molecule has 1 saturated heterocycles. The van der Waals surface area contributed by atoms with Crippen molar-refractivity contribution in [1.29, 1.82) is 0 Å². The Balaban J connectivity index is 1.08. The van der Waals surface area contributed by atoms with Crippen LogP contribution < -0.4 is 10.6 Å². The number of benzene rings is 1. The highest BCUT2D eigenvalue weighted by Gasteiger charge is 2.27. The van der Waals surface area contributed by atoms with Gasteiger partial charge < -0.3 is 25.0 Å². The van der Waals surface area contributed by atoms with E-state index >= 15 is 0 Å². The summed E-state index contributed by atoms with van der Waals surface area (Å²) in [6.07, 6.45) is 5.16. The number of amides is 2. The Hall–Kier alpha value is -2.75. The molecule has 2 atom stereocenters. The Labute approximate surface area is 205 Å². The number of hydrogen-bond acceptors (Lipinski definition) is 6. The van der Waals surface area contributed by atoms with E-state index in [2.05, 4.69) is 38.7 Å². The molecule has 1 aromatic carbocycles. The van der Waals surface area contributed by atoms with E-state index in [1.807, 2.05) is 10.6 Å². The van der Waals surface area contributed by atoms with Gasteiger partial charge in [-0.15, -0.1) is 0 Å². The van der Waals surface area contributed by atoms with Gasteiger partial charge in [-0.2, -0.15) is 0 Å². The third-order valence-electron chi connectivity index (χ3n) is 7.34. The standard InChI is InChI=1S/C26H35N5O4/c32-22(16-30-10-7-18-3-1-2-4-20(18)14-30)13-27-26(34)23-17-31-15-21(5-6-24(31)29-23)28-25(33)19-8-11-35-12-9-19/h1-4,17,19,21-22,32H,5-16H2,(H,27,34)(H,28,33)/t21?,22-/m0/s1. The molecule has 35 heavy (non-hydrogen) atoms. The van der Waals surface area contributed by atoms with Gasteiger partial charge in [-0.25, -0.2) is 4.98 Å². The summed E-state index contributed by atoms with van der Waals surface area (Å²) in [5.41, 5.74) is 3.04. The molecule has 0 saturated carbocycles. The van der Waals surface area contributed by atoms with E-state index in [1.54, 1.807) is 6.20 Å². The zero-order chi connectivity index (χ0) is 24.2. The minimum atomic E-state index is -0.647. The fourth-order valence-electron chi connectivity index (χ4n) is 5.32. The van der Waals surface area contributed by atoms with Gasteiger partial charge in [0.1, 0.15) is 11.5 Å². The lowest BCUT2D eigenvalue weighted by molar-refractivity contribution is -0.128. The number of aryl methyl sites for hydroxylation is 1. The molecule has 2 amide bonds. The quantitative estimate of drug-likeness (QED) is 0.542. The number of rotatable bonds is 7. The highest BCUT2D eigenvalue weighted by molar-refractivity contribution is 5.92. The highest BCUT2D eigenvalue weighted by atomic mass is 16.5. The van der Waals surface area contributed by atoms with Gasteiger partial charge in [0, 0.05) is 70.5 Å². The Bertz CT molecular complexity index is 1050. The van der Waals surface area contributed by atoms with Gasteiger partial charge in [0.15, 0.2) is 0 Å². The van der Waals surface area contributed by atoms with Crippen LogP contribution in [0.2, 0.25) is 0 Å². The summed E-state index contributed by atoms with van der Waals surface area (Å²) in [6, 6.07) is 8.45. The van der Waals surface area contributed by atoms with Crippen molar-refractivity contribution in [2.24, 2.45) is 5.92 Å². The summed E-state index contributed by atoms with van der Waals surface area (Å²) in [4.78, 5) is 32.0. The summed E-state index contributed by atoms with van der Waals surface area (Å²) >= 11 is 0. The van der Waals surface area contributed by atoms with Gasteiger partial charge in [0.25, 0.3) is 5.91 Å². The van der Waals surface area contributed by atoms with Crippen LogP contribution in [0.1, 0.15) is 46.7 Å². The summed E-state index contributed by atoms with van der Waals surface area (Å²) in [5.74, 6) is 0.711. The molecule has 4 heterocycles. The maximum absolute atomic E-state index is 12.7. The predicted molar refractivity (Wildman–Crippen MR) is 130 cm³/mol. The smallest absolute Gasteiger partial charge is 0.271 e. The number of carbonyl (C=O) groups excluding carboxylic acids is 2. The van der Waals surface area contributed by atoms with Crippen LogP contribution in [0.4, 0.5) is 0 Å². The molecule has 188 valence electrons. The van der Waals surface area contributed by atoms with Crippen molar-refractivity contribution in [3.63, 3.8) is 0 Å². The van der Waals surface area contributed by atoms with Gasteiger partial charge in [-0.1, -0.05) is 24.3 Å². The molecule has 0 aliphatic carbocycles. The van der Waals surface area contributed by atoms with E-state index < -0.39 is 6.10 Å². The van der Waals surface area contributed by atoms with Gasteiger partial charge in [0.2, 0.25) is 5.91 Å². The predicted octanol–water partition coefficient (Wildman–Crippen LogP) is 0.890. The van der Waals surface area contributed by atoms with Crippen molar-refractivity contribution in [2.45, 2.75) is 57.3 Å². The number of nitrogens with one attached hydrogen (secondary N) is 2. The minimum Gasteiger partial charge on any atom is -0.390 e. The van der Waals surface area contributed by atoms with E-state index in [0.717, 1.165) is 44.6 Å². The zero-order valence-electron chi connectivity index (χ0n) is 20.1. The number of nitrogens with zero attached hydrogens (tertiary/aromatic N) is 3. The second-order valence-electron chi connectivity index (χ2n) is 9.94. The molecule has 3 aliphatic heterocycles. The number of β-amino-alcohol motifs (C(OH)–C–C–N with tert-alkyl or cyclic N) is 1. The van der Waals surface area contributed by atoms with E-state index in [-0.39, 0.29) is 30.3 Å². The average molecular weight is 482 g/mol. The fraction of sp³-hybridized carbons (Fsp3) is 0.577. The number of aliphatic hydroxyl groups is 1. The molecule has 1 unspecified atom stereocenters. The number of imidazole rings is 1. The van der Waals surface area contributed by atoms with E-state index in [4.69, 9.17) is 4.74 Å². The van der Waals surface area contributed by atoms with Crippen molar-refractivity contribution in [3.05, 3.63) is 53.1 Å². The lowest BCUT2D eigenvalue weighted by Crippen LogP contribution is -2.44. The zero-order valence-corrected chi connectivity index (χ0v) is 20.1. The largest absolute Gasteiger partial charge is 0.390 e. The first kappa shape index (κ1) is 24.0. The molecular formula is C26H35N5O4. The van der Waals surface area contributed by atoms with Crippen LogP contribution in [0.5, 0.6) is 0 Å². The number of aliphatic hydroxyl groups excluding tert-OH is 1. The topological polar surface area (TPSA) is 109 Å². The van der Waals surface area contributed by atoms with Crippen LogP contribution in [-0.2, 0) is 35.5 Å². The molecule has 1 fully saturated rings. The fourth-order valence-corrected chi connectivity index (χ4v) is 5.32. The number of fused-ring (bicyclic) bond motifs is 2. The maximum Gasteiger partial charge on any atom is 0.271 e. The first-order valence-electron chi connectivity index (χ1n) is 12.7. The Kier molecular flexibility index (Phi) is 7.46. The van der Waals surface area contributed by atoms with Gasteiger partial charge in [0.05, 0.1) is 6.10 Å². The monoisotopic (exact) mass is 481 g/mol. The molecule has 9 heteroatoms. The Morgan fingerprint density at radius 3 is 2.77 bits per heavy atom. The lowest BCUT2D eigenvalue weighted by Gasteiger charge is -2.30. The molecule has 3 aliphatic rings. The number of hydrogen-bond donors (Lipinski definition) is 3. The molecule has 3 N–H and O–H groups in total. The lowest BCUT2D eigenvalue weighted by atomic mass is 9.98. The molecule has 9 nitrogen and oxygen atoms in total. The van der Waals surface area contributed by atoms with Gasteiger partial charge in [-0.05, 0) is 36.8 Å². The number of ether oxygens (including phenoxy) is 1. The van der Waals surface area contributed by atoms with Crippen LogP contribution in [-0.4, -0.2) is 76.4 Å². The van der Waals surface area contributed by atoms with E-state index in [1.165, 1.54) is 11.1 Å². The van der Waals surface area contributed by atoms with Crippen molar-refractivity contribution in [3.8, 4) is 0 Å². The molecule has 2 aromatic rings. The van der Waals surface area contributed by atoms with Gasteiger partial charge in [-0.3, -0.25) is 14.5 Å². The van der Waals surface area contributed by atoms with Crippen molar-refractivity contribution in [2.75, 3.05) is 32.8 Å². The molecule has 0 bridgehead atoms. The summed E-state index contributed by atoms with van der Waals surface area (Å²) < 4.78 is 7.32. The first-order chi connectivity index (χ1) is 17.0. The van der Waals surface area contributed by atoms with E-state index in [0.29, 0.717) is 38.4 Å². The second-order valence-corrected chi connectivity index (χ2v) is 9.94. The third-order valence-corrected chi connectivity index (χ3v) is 7.34.